The van der Waals surface area contributed by atoms with Crippen molar-refractivity contribution in [3.63, 3.8) is 0 Å². The topological polar surface area (TPSA) is 32.3 Å². The van der Waals surface area contributed by atoms with Crippen molar-refractivity contribution in [2.45, 2.75) is 47.2 Å². The minimum atomic E-state index is 0. The Morgan fingerprint density at radius 1 is 1.09 bits per heavy atom. The van der Waals surface area contributed by atoms with Crippen molar-refractivity contribution < 1.29 is 5.11 Å². The van der Waals surface area contributed by atoms with Gasteiger partial charge in [0.15, 0.2) is 0 Å². The summed E-state index contributed by atoms with van der Waals surface area (Å²) >= 11 is 0. The van der Waals surface area contributed by atoms with E-state index in [2.05, 4.69) is 57.3 Å². The summed E-state index contributed by atoms with van der Waals surface area (Å²) in [7, 11) is 0.479. The summed E-state index contributed by atoms with van der Waals surface area (Å²) in [6, 6.07) is 11.1. The van der Waals surface area contributed by atoms with Gasteiger partial charge in [0, 0.05) is 17.9 Å². The first-order valence-electron chi connectivity index (χ1n) is 7.77. The molecule has 23 heavy (non-hydrogen) atoms. The third kappa shape index (κ3) is 5.21. The maximum atomic E-state index is 10.4. The van der Waals surface area contributed by atoms with E-state index in [4.69, 9.17) is 0 Å². The lowest BCUT2D eigenvalue weighted by atomic mass is 10.1. The van der Waals surface area contributed by atoms with Gasteiger partial charge < -0.3 is 10.4 Å². The van der Waals surface area contributed by atoms with Gasteiger partial charge in [-0.1, -0.05) is 46.7 Å². The molecule has 2 aromatic carbocycles. The smallest absolute Gasteiger partial charge is 0.126 e. The normalized spacial score (nSPS) is 11.2. The van der Waals surface area contributed by atoms with Crippen molar-refractivity contribution in [3.8, 4) is 5.75 Å². The Morgan fingerprint density at radius 3 is 2.43 bits per heavy atom. The van der Waals surface area contributed by atoms with Crippen LogP contribution in [0, 0.1) is 20.8 Å². The Balaban J connectivity index is 0.00000264. The summed E-state index contributed by atoms with van der Waals surface area (Å²) in [5.41, 5.74) is 4.77. The van der Waals surface area contributed by atoms with Crippen LogP contribution in [-0.4, -0.2) is 11.1 Å². The summed E-state index contributed by atoms with van der Waals surface area (Å²) in [5.74, 6) is 0.440. The zero-order valence-electron chi connectivity index (χ0n) is 14.5. The van der Waals surface area contributed by atoms with E-state index in [9.17, 15) is 5.11 Å². The molecular formula is C19H27ClNOP. The van der Waals surface area contributed by atoms with E-state index >= 15 is 0 Å². The zero-order valence-corrected chi connectivity index (χ0v) is 16.3. The van der Waals surface area contributed by atoms with Crippen LogP contribution >= 0.6 is 21.0 Å². The Hall–Kier alpha value is -1.08. The highest BCUT2D eigenvalue weighted by molar-refractivity contribution is 7.56. The van der Waals surface area contributed by atoms with Gasteiger partial charge in [0.2, 0.25) is 0 Å². The van der Waals surface area contributed by atoms with Gasteiger partial charge in [0.05, 0.1) is 0 Å². The quantitative estimate of drug-likeness (QED) is 0.801. The highest BCUT2D eigenvalue weighted by Gasteiger charge is 2.11. The number of phenolic OH excluding ortho intramolecular Hbond substituents is 1. The molecule has 2 N–H and O–H groups in total. The fourth-order valence-corrected chi connectivity index (χ4v) is 4.06. The molecule has 0 spiro atoms. The second kappa shape index (κ2) is 8.68. The lowest BCUT2D eigenvalue weighted by molar-refractivity contribution is 0.475. The molecule has 0 heterocycles. The molecule has 126 valence electrons. The van der Waals surface area contributed by atoms with Gasteiger partial charge in [-0.25, -0.2) is 0 Å². The minimum absolute atomic E-state index is 0. The Bertz CT molecular complexity index is 671. The lowest BCUT2D eigenvalue weighted by Gasteiger charge is -2.16. The van der Waals surface area contributed by atoms with E-state index in [1.807, 2.05) is 13.0 Å². The van der Waals surface area contributed by atoms with Crippen LogP contribution in [-0.2, 0) is 6.54 Å². The van der Waals surface area contributed by atoms with Crippen LogP contribution in [0.5, 0.6) is 5.75 Å². The van der Waals surface area contributed by atoms with Crippen molar-refractivity contribution in [1.82, 2.24) is 5.32 Å². The first kappa shape index (κ1) is 20.0. The SMILES string of the molecule is Cc1cc(C)c(O)c(Pc2c(C)cccc2CNC(C)C)c1.Cl. The third-order valence-electron chi connectivity index (χ3n) is 3.76. The van der Waals surface area contributed by atoms with E-state index in [-0.39, 0.29) is 12.4 Å². The van der Waals surface area contributed by atoms with Crippen LogP contribution in [0.25, 0.3) is 0 Å². The van der Waals surface area contributed by atoms with Crippen LogP contribution in [0.1, 0.15) is 36.1 Å². The molecule has 0 aliphatic carbocycles. The number of hydrogen-bond donors (Lipinski definition) is 2. The fraction of sp³-hybridized carbons (Fsp3) is 0.368. The van der Waals surface area contributed by atoms with Crippen molar-refractivity contribution in [1.29, 1.82) is 0 Å². The van der Waals surface area contributed by atoms with E-state index in [1.165, 1.54) is 22.0 Å². The van der Waals surface area contributed by atoms with Gasteiger partial charge >= 0.3 is 0 Å². The Kier molecular flexibility index (Phi) is 7.54. The number of nitrogens with one attached hydrogen (secondary N) is 1. The van der Waals surface area contributed by atoms with Gasteiger partial charge in [-0.2, -0.15) is 0 Å². The first-order chi connectivity index (χ1) is 10.4. The number of halogens is 1. The molecule has 0 amide bonds. The minimum Gasteiger partial charge on any atom is -0.507 e. The van der Waals surface area contributed by atoms with Crippen molar-refractivity contribution in [2.75, 3.05) is 0 Å². The number of phenols is 1. The predicted octanol–water partition coefficient (Wildman–Crippen LogP) is 3.87. The molecule has 2 nitrogen and oxygen atoms in total. The highest BCUT2D eigenvalue weighted by Crippen LogP contribution is 2.25. The molecule has 4 heteroatoms. The van der Waals surface area contributed by atoms with Gasteiger partial charge in [-0.05, 0) is 54.4 Å². The number of benzene rings is 2. The van der Waals surface area contributed by atoms with Crippen LogP contribution in [0.15, 0.2) is 30.3 Å². The maximum Gasteiger partial charge on any atom is 0.126 e. The third-order valence-corrected chi connectivity index (χ3v) is 5.38. The molecule has 1 unspecified atom stereocenters. The molecule has 2 rings (SSSR count). The van der Waals surface area contributed by atoms with Gasteiger partial charge in [0.1, 0.15) is 5.75 Å². The number of hydrogen-bond acceptors (Lipinski definition) is 2. The highest BCUT2D eigenvalue weighted by atomic mass is 35.5. The second-order valence-corrected chi connectivity index (χ2v) is 7.54. The molecule has 0 aliphatic rings. The van der Waals surface area contributed by atoms with Crippen LogP contribution in [0.4, 0.5) is 0 Å². The van der Waals surface area contributed by atoms with Crippen molar-refractivity contribution in [3.05, 3.63) is 52.6 Å². The molecule has 0 aliphatic heterocycles. The molecule has 0 bridgehead atoms. The van der Waals surface area contributed by atoms with E-state index in [1.54, 1.807) is 0 Å². The average molecular weight is 352 g/mol. The van der Waals surface area contributed by atoms with Gasteiger partial charge in [-0.3, -0.25) is 0 Å². The summed E-state index contributed by atoms with van der Waals surface area (Å²) < 4.78 is 0. The van der Waals surface area contributed by atoms with Crippen LogP contribution < -0.4 is 15.9 Å². The molecular weight excluding hydrogens is 325 g/mol. The summed E-state index contributed by atoms with van der Waals surface area (Å²) in [6.07, 6.45) is 0. The molecule has 0 aromatic heterocycles. The van der Waals surface area contributed by atoms with Crippen molar-refractivity contribution >= 4 is 31.6 Å². The summed E-state index contributed by atoms with van der Waals surface area (Å²) in [4.78, 5) is 0. The fourth-order valence-electron chi connectivity index (χ4n) is 2.56. The number of aryl methyl sites for hydroxylation is 3. The largest absolute Gasteiger partial charge is 0.507 e. The summed E-state index contributed by atoms with van der Waals surface area (Å²) in [5, 5.41) is 16.3. The lowest BCUT2D eigenvalue weighted by Crippen LogP contribution is -2.25. The average Bonchev–Trinajstić information content (AvgIpc) is 2.44. The zero-order chi connectivity index (χ0) is 16.3. The molecule has 2 aromatic rings. The first-order valence-corrected chi connectivity index (χ1v) is 8.77. The molecule has 0 saturated carbocycles. The molecule has 0 fully saturated rings. The molecule has 0 radical (unpaired) electrons. The van der Waals surface area contributed by atoms with Gasteiger partial charge in [-0.15, -0.1) is 12.4 Å². The standard InChI is InChI=1S/C19H26NOP.ClH/c1-12(2)20-11-16-8-6-7-14(4)19(16)22-17-10-13(3)9-15(5)18(17)21;/h6-10,12,20-22H,11H2,1-5H3;1H. The van der Waals surface area contributed by atoms with E-state index in [0.717, 1.165) is 17.4 Å². The van der Waals surface area contributed by atoms with Gasteiger partial charge in [0.25, 0.3) is 0 Å². The molecule has 0 saturated heterocycles. The van der Waals surface area contributed by atoms with Crippen molar-refractivity contribution in [2.24, 2.45) is 0 Å². The van der Waals surface area contributed by atoms with Crippen LogP contribution in [0.3, 0.4) is 0 Å². The van der Waals surface area contributed by atoms with Crippen LogP contribution in [0.2, 0.25) is 0 Å². The number of aromatic hydroxyl groups is 1. The Labute approximate surface area is 147 Å². The predicted molar refractivity (Wildman–Crippen MR) is 106 cm³/mol. The molecule has 1 atom stereocenters. The van der Waals surface area contributed by atoms with E-state index < -0.39 is 0 Å². The summed E-state index contributed by atoms with van der Waals surface area (Å²) in [6.45, 7) is 11.4. The monoisotopic (exact) mass is 351 g/mol. The maximum absolute atomic E-state index is 10.4. The second-order valence-electron chi connectivity index (χ2n) is 6.25. The Morgan fingerprint density at radius 2 is 1.78 bits per heavy atom. The van der Waals surface area contributed by atoms with E-state index in [0.29, 0.717) is 20.4 Å². The number of rotatable bonds is 5.